The zero-order chi connectivity index (χ0) is 9.52. The first-order valence-corrected chi connectivity index (χ1v) is 4.59. The average molecular weight is 176 g/mol. The number of amides is 1. The fourth-order valence-electron chi connectivity index (χ4n) is 1.24. The summed E-state index contributed by atoms with van der Waals surface area (Å²) >= 11 is 0. The molecule has 0 aliphatic rings. The van der Waals surface area contributed by atoms with Gasteiger partial charge in [-0.15, -0.1) is 0 Å². The van der Waals surface area contributed by atoms with Gasteiger partial charge in [0.05, 0.1) is 0 Å². The molecule has 0 bridgehead atoms. The van der Waals surface area contributed by atoms with Crippen LogP contribution in [0.5, 0.6) is 0 Å². The molecule has 0 aromatic heterocycles. The van der Waals surface area contributed by atoms with E-state index in [4.69, 9.17) is 0 Å². The van der Waals surface area contributed by atoms with Gasteiger partial charge >= 0.3 is 6.41 Å². The first kappa shape index (κ1) is 9.78. The van der Waals surface area contributed by atoms with Crippen molar-refractivity contribution in [2.45, 2.75) is 26.2 Å². The molecular formula is C11H14NO. The summed E-state index contributed by atoms with van der Waals surface area (Å²) in [6.07, 6.45) is 5.12. The second kappa shape index (κ2) is 5.36. The lowest BCUT2D eigenvalue weighted by Gasteiger charge is -2.02. The molecule has 0 fully saturated rings. The van der Waals surface area contributed by atoms with Crippen LogP contribution in [-0.4, -0.2) is 6.41 Å². The minimum Gasteiger partial charge on any atom is -0.318 e. The number of unbranched alkanes of at least 4 members (excludes halogenated alkanes) is 1. The number of aryl methyl sites for hydroxylation is 1. The van der Waals surface area contributed by atoms with E-state index in [9.17, 15) is 4.79 Å². The van der Waals surface area contributed by atoms with Gasteiger partial charge in [0, 0.05) is 5.69 Å². The fourth-order valence-corrected chi connectivity index (χ4v) is 1.24. The predicted octanol–water partition coefficient (Wildman–Crippen LogP) is 2.51. The molecule has 0 heterocycles. The van der Waals surface area contributed by atoms with Gasteiger partial charge in [-0.1, -0.05) is 25.5 Å². The topological polar surface area (TPSA) is 29.1 Å². The quantitative estimate of drug-likeness (QED) is 0.686. The number of anilines is 1. The van der Waals surface area contributed by atoms with Gasteiger partial charge in [-0.2, -0.15) is 0 Å². The Hall–Kier alpha value is -1.31. The summed E-state index contributed by atoms with van der Waals surface area (Å²) in [6.45, 7) is 2.17. The Morgan fingerprint density at radius 2 is 2.31 bits per heavy atom. The van der Waals surface area contributed by atoms with Crippen molar-refractivity contribution >= 4 is 12.1 Å². The Labute approximate surface area is 79.0 Å². The van der Waals surface area contributed by atoms with Gasteiger partial charge in [0.15, 0.2) is 0 Å². The Balaban J connectivity index is 2.61. The van der Waals surface area contributed by atoms with E-state index in [-0.39, 0.29) is 0 Å². The van der Waals surface area contributed by atoms with Crippen LogP contribution < -0.4 is 5.32 Å². The van der Waals surface area contributed by atoms with Crippen LogP contribution in [-0.2, 0) is 11.2 Å². The summed E-state index contributed by atoms with van der Waals surface area (Å²) in [4.78, 5) is 10.1. The Bertz CT molecular complexity index is 271. The van der Waals surface area contributed by atoms with Crippen LogP contribution in [0.4, 0.5) is 5.69 Å². The molecular weight excluding hydrogens is 162 g/mol. The lowest BCUT2D eigenvalue weighted by atomic mass is 10.1. The van der Waals surface area contributed by atoms with Gasteiger partial charge in [-0.05, 0) is 30.5 Å². The van der Waals surface area contributed by atoms with E-state index in [1.165, 1.54) is 18.4 Å². The van der Waals surface area contributed by atoms with Crippen LogP contribution in [0.15, 0.2) is 24.3 Å². The number of carbonyl (C=O) groups excluding carboxylic acids is 1. The van der Waals surface area contributed by atoms with Crippen LogP contribution in [0.3, 0.4) is 0 Å². The van der Waals surface area contributed by atoms with E-state index in [1.807, 2.05) is 18.2 Å². The first-order valence-electron chi connectivity index (χ1n) is 4.59. The van der Waals surface area contributed by atoms with Crippen molar-refractivity contribution in [3.8, 4) is 0 Å². The Morgan fingerprint density at radius 3 is 3.00 bits per heavy atom. The maximum absolute atomic E-state index is 10.1. The molecule has 0 saturated heterocycles. The maximum Gasteiger partial charge on any atom is 0.314 e. The number of rotatable bonds is 5. The summed E-state index contributed by atoms with van der Waals surface area (Å²) < 4.78 is 0. The van der Waals surface area contributed by atoms with Gasteiger partial charge in [0.25, 0.3) is 0 Å². The summed E-state index contributed by atoms with van der Waals surface area (Å²) in [7, 11) is 0. The zero-order valence-corrected chi connectivity index (χ0v) is 7.84. The fraction of sp³-hybridized carbons (Fsp3) is 0.364. The van der Waals surface area contributed by atoms with Gasteiger partial charge in [-0.3, -0.25) is 4.79 Å². The van der Waals surface area contributed by atoms with Crippen LogP contribution in [0.1, 0.15) is 25.3 Å². The number of hydrogen-bond acceptors (Lipinski definition) is 1. The second-order valence-corrected chi connectivity index (χ2v) is 3.03. The third kappa shape index (κ3) is 3.28. The first-order chi connectivity index (χ1) is 6.36. The summed E-state index contributed by atoms with van der Waals surface area (Å²) in [5.74, 6) is 0. The average Bonchev–Trinajstić information content (AvgIpc) is 2.16. The molecule has 0 unspecified atom stereocenters. The molecule has 0 atom stereocenters. The highest BCUT2D eigenvalue weighted by molar-refractivity contribution is 5.71. The molecule has 13 heavy (non-hydrogen) atoms. The minimum atomic E-state index is 0.823. The van der Waals surface area contributed by atoms with Crippen LogP contribution in [0.2, 0.25) is 0 Å². The molecule has 1 radical (unpaired) electrons. The molecule has 0 aliphatic carbocycles. The normalized spacial score (nSPS) is 9.62. The smallest absolute Gasteiger partial charge is 0.314 e. The third-order valence-corrected chi connectivity index (χ3v) is 1.94. The van der Waals surface area contributed by atoms with Crippen LogP contribution >= 0.6 is 0 Å². The third-order valence-electron chi connectivity index (χ3n) is 1.94. The molecule has 1 aromatic carbocycles. The van der Waals surface area contributed by atoms with Crippen molar-refractivity contribution < 1.29 is 4.79 Å². The molecule has 2 heteroatoms. The number of hydrogen-bond donors (Lipinski definition) is 1. The molecule has 69 valence electrons. The molecule has 1 N–H and O–H groups in total. The van der Waals surface area contributed by atoms with Crippen molar-refractivity contribution in [3.63, 3.8) is 0 Å². The van der Waals surface area contributed by atoms with E-state index >= 15 is 0 Å². The van der Waals surface area contributed by atoms with Crippen molar-refractivity contribution in [3.05, 3.63) is 29.8 Å². The number of nitrogens with one attached hydrogen (secondary N) is 1. The predicted molar refractivity (Wildman–Crippen MR) is 54.4 cm³/mol. The minimum absolute atomic E-state index is 0.823. The molecule has 0 spiro atoms. The molecule has 0 saturated carbocycles. The molecule has 1 rings (SSSR count). The Morgan fingerprint density at radius 1 is 1.46 bits per heavy atom. The van der Waals surface area contributed by atoms with E-state index < -0.39 is 0 Å². The van der Waals surface area contributed by atoms with E-state index in [2.05, 4.69) is 18.3 Å². The maximum atomic E-state index is 10.1. The largest absolute Gasteiger partial charge is 0.318 e. The SMILES string of the molecule is CCCCc1cccc(N[C]=O)c1. The highest BCUT2D eigenvalue weighted by Gasteiger charge is 1.94. The van der Waals surface area contributed by atoms with Crippen LogP contribution in [0.25, 0.3) is 0 Å². The van der Waals surface area contributed by atoms with Gasteiger partial charge in [-0.25, -0.2) is 0 Å². The van der Waals surface area contributed by atoms with Gasteiger partial charge in [0.2, 0.25) is 0 Å². The second-order valence-electron chi connectivity index (χ2n) is 3.03. The molecule has 0 aliphatic heterocycles. The summed E-state index contributed by atoms with van der Waals surface area (Å²) in [5, 5.41) is 2.52. The lowest BCUT2D eigenvalue weighted by Crippen LogP contribution is -1.94. The standard InChI is InChI=1S/C11H14NO/c1-2-3-5-10-6-4-7-11(8-10)12-9-13/h4,6-8H,2-3,5H2,1H3,(H,12,13). The van der Waals surface area contributed by atoms with E-state index in [0.29, 0.717) is 0 Å². The zero-order valence-electron chi connectivity index (χ0n) is 7.84. The molecule has 2 nitrogen and oxygen atoms in total. The highest BCUT2D eigenvalue weighted by atomic mass is 16.1. The number of benzene rings is 1. The van der Waals surface area contributed by atoms with Crippen molar-refractivity contribution in [2.24, 2.45) is 0 Å². The monoisotopic (exact) mass is 176 g/mol. The molecule has 1 aromatic rings. The van der Waals surface area contributed by atoms with Crippen molar-refractivity contribution in [2.75, 3.05) is 5.32 Å². The molecule has 1 amide bonds. The summed E-state index contributed by atoms with van der Waals surface area (Å²) in [5.41, 5.74) is 2.09. The van der Waals surface area contributed by atoms with Gasteiger partial charge < -0.3 is 5.32 Å². The van der Waals surface area contributed by atoms with Crippen molar-refractivity contribution in [1.29, 1.82) is 0 Å². The lowest BCUT2D eigenvalue weighted by molar-refractivity contribution is 0.561. The summed E-state index contributed by atoms with van der Waals surface area (Å²) in [6, 6.07) is 7.87. The van der Waals surface area contributed by atoms with E-state index in [0.717, 1.165) is 12.1 Å². The van der Waals surface area contributed by atoms with Crippen molar-refractivity contribution in [1.82, 2.24) is 0 Å². The highest BCUT2D eigenvalue weighted by Crippen LogP contribution is 2.11. The van der Waals surface area contributed by atoms with E-state index in [1.54, 1.807) is 6.41 Å². The van der Waals surface area contributed by atoms with Gasteiger partial charge in [0.1, 0.15) is 0 Å². The Kier molecular flexibility index (Phi) is 4.03. The van der Waals surface area contributed by atoms with Crippen LogP contribution in [0, 0.1) is 0 Å².